The molecule has 1 saturated heterocycles. The summed E-state index contributed by atoms with van der Waals surface area (Å²) in [6.07, 6.45) is 3.93. The van der Waals surface area contributed by atoms with Crippen LogP contribution in [-0.2, 0) is 11.3 Å². The van der Waals surface area contributed by atoms with Gasteiger partial charge in [-0.05, 0) is 31.9 Å². The van der Waals surface area contributed by atoms with Crippen LogP contribution in [0.3, 0.4) is 0 Å². The highest BCUT2D eigenvalue weighted by atomic mass is 16.5. The van der Waals surface area contributed by atoms with Gasteiger partial charge in [-0.25, -0.2) is 4.79 Å². The lowest BCUT2D eigenvalue weighted by molar-refractivity contribution is 0.0122. The zero-order chi connectivity index (χ0) is 13.7. The summed E-state index contributed by atoms with van der Waals surface area (Å²) >= 11 is 0. The molecular weight excluding hydrogens is 244 g/mol. The normalized spacial score (nSPS) is 17.5. The van der Waals surface area contributed by atoms with Gasteiger partial charge < -0.3 is 9.84 Å². The largest absolute Gasteiger partial charge is 0.478 e. The molecule has 1 aliphatic heterocycles. The van der Waals surface area contributed by atoms with E-state index in [1.165, 1.54) is 6.20 Å². The Hall–Kier alpha value is -1.46. The minimum atomic E-state index is -0.934. The first kappa shape index (κ1) is 14.0. The van der Waals surface area contributed by atoms with Crippen LogP contribution in [0.2, 0.25) is 0 Å². The predicted molar refractivity (Wildman–Crippen MR) is 71.1 cm³/mol. The fraction of sp³-hybridized carbons (Fsp3) is 0.571. The van der Waals surface area contributed by atoms with E-state index in [1.807, 2.05) is 6.92 Å². The number of hydrogen-bond donors (Lipinski definition) is 1. The Kier molecular flexibility index (Phi) is 4.87. The molecule has 1 aromatic heterocycles. The molecule has 0 spiro atoms. The molecule has 0 bridgehead atoms. The van der Waals surface area contributed by atoms with Crippen LogP contribution >= 0.6 is 0 Å². The van der Waals surface area contributed by atoms with E-state index in [-0.39, 0.29) is 5.56 Å². The van der Waals surface area contributed by atoms with Gasteiger partial charge in [0.25, 0.3) is 0 Å². The lowest BCUT2D eigenvalue weighted by atomic mass is 10.1. The number of piperidine rings is 1. The minimum absolute atomic E-state index is 0.235. The molecule has 0 aromatic carbocycles. The van der Waals surface area contributed by atoms with Gasteiger partial charge in [0.05, 0.1) is 17.4 Å². The van der Waals surface area contributed by atoms with Crippen molar-refractivity contribution in [2.75, 3.05) is 19.7 Å². The molecule has 1 aromatic rings. The molecule has 0 saturated carbocycles. The summed E-state index contributed by atoms with van der Waals surface area (Å²) in [4.78, 5) is 17.3. The van der Waals surface area contributed by atoms with E-state index in [2.05, 4.69) is 9.88 Å². The van der Waals surface area contributed by atoms with Gasteiger partial charge in [-0.2, -0.15) is 0 Å². The van der Waals surface area contributed by atoms with Crippen molar-refractivity contribution in [1.82, 2.24) is 9.88 Å². The highest BCUT2D eigenvalue weighted by Gasteiger charge is 2.19. The number of carboxylic acid groups (broad SMARTS) is 1. The molecule has 0 radical (unpaired) electrons. The average Bonchev–Trinajstić information content (AvgIpc) is 2.42. The summed E-state index contributed by atoms with van der Waals surface area (Å²) in [5.41, 5.74) is 1.15. The fourth-order valence-corrected chi connectivity index (χ4v) is 2.34. The molecule has 19 heavy (non-hydrogen) atoms. The first-order valence-corrected chi connectivity index (χ1v) is 6.71. The molecular formula is C14H20N2O3. The van der Waals surface area contributed by atoms with Crippen LogP contribution in [0.15, 0.2) is 18.3 Å². The molecule has 0 aliphatic carbocycles. The lowest BCUT2D eigenvalue weighted by Gasteiger charge is -2.31. The first-order valence-electron chi connectivity index (χ1n) is 6.71. The maximum atomic E-state index is 10.7. The quantitative estimate of drug-likeness (QED) is 0.878. The fourth-order valence-electron chi connectivity index (χ4n) is 2.34. The van der Waals surface area contributed by atoms with Crippen LogP contribution in [0.1, 0.15) is 35.8 Å². The third kappa shape index (κ3) is 4.01. The van der Waals surface area contributed by atoms with Gasteiger partial charge in [0.1, 0.15) is 0 Å². The van der Waals surface area contributed by atoms with Gasteiger partial charge in [0.2, 0.25) is 0 Å². The van der Waals surface area contributed by atoms with E-state index in [4.69, 9.17) is 9.84 Å². The second-order valence-corrected chi connectivity index (χ2v) is 4.77. The Morgan fingerprint density at radius 2 is 2.21 bits per heavy atom. The van der Waals surface area contributed by atoms with Gasteiger partial charge in [-0.3, -0.25) is 9.88 Å². The minimum Gasteiger partial charge on any atom is -0.478 e. The summed E-state index contributed by atoms with van der Waals surface area (Å²) in [5, 5.41) is 8.81. The van der Waals surface area contributed by atoms with Gasteiger partial charge in [-0.15, -0.1) is 0 Å². The maximum absolute atomic E-state index is 10.7. The summed E-state index contributed by atoms with van der Waals surface area (Å²) in [6, 6.07) is 3.40. The van der Waals surface area contributed by atoms with E-state index >= 15 is 0 Å². The highest BCUT2D eigenvalue weighted by molar-refractivity contribution is 5.87. The van der Waals surface area contributed by atoms with Crippen LogP contribution < -0.4 is 0 Å². The number of rotatable bonds is 5. The number of aromatic carboxylic acids is 1. The van der Waals surface area contributed by atoms with Crippen LogP contribution in [0, 0.1) is 0 Å². The van der Waals surface area contributed by atoms with E-state index < -0.39 is 5.97 Å². The number of nitrogens with zero attached hydrogens (tertiary/aromatic N) is 2. The molecule has 0 amide bonds. The third-order valence-electron chi connectivity index (χ3n) is 3.39. The van der Waals surface area contributed by atoms with Crippen LogP contribution in [0.5, 0.6) is 0 Å². The second-order valence-electron chi connectivity index (χ2n) is 4.77. The number of carbonyl (C=O) groups is 1. The summed E-state index contributed by atoms with van der Waals surface area (Å²) < 4.78 is 5.62. The summed E-state index contributed by atoms with van der Waals surface area (Å²) in [6.45, 7) is 5.60. The zero-order valence-electron chi connectivity index (χ0n) is 11.2. The average molecular weight is 264 g/mol. The number of likely N-dealkylation sites (tertiary alicyclic amines) is 1. The molecule has 2 heterocycles. The number of hydrogen-bond acceptors (Lipinski definition) is 4. The Morgan fingerprint density at radius 1 is 1.47 bits per heavy atom. The number of ether oxygens (including phenoxy) is 1. The molecule has 104 valence electrons. The van der Waals surface area contributed by atoms with Crippen LogP contribution in [0.4, 0.5) is 0 Å². The molecule has 5 nitrogen and oxygen atoms in total. The second kappa shape index (κ2) is 6.63. The topological polar surface area (TPSA) is 62.7 Å². The van der Waals surface area contributed by atoms with Gasteiger partial charge in [0, 0.05) is 32.4 Å². The monoisotopic (exact) mass is 264 g/mol. The summed E-state index contributed by atoms with van der Waals surface area (Å²) in [5.74, 6) is -0.934. The zero-order valence-corrected chi connectivity index (χ0v) is 11.2. The number of carboxylic acids is 1. The van der Waals surface area contributed by atoms with Gasteiger partial charge in [0.15, 0.2) is 0 Å². The van der Waals surface area contributed by atoms with Gasteiger partial charge >= 0.3 is 5.97 Å². The van der Waals surface area contributed by atoms with Crippen molar-refractivity contribution < 1.29 is 14.6 Å². The molecule has 1 fully saturated rings. The molecule has 1 aliphatic rings. The predicted octanol–water partition coefficient (Wildman–Crippen LogP) is 1.78. The Morgan fingerprint density at radius 3 is 2.74 bits per heavy atom. The van der Waals surface area contributed by atoms with E-state index in [0.717, 1.165) is 44.8 Å². The maximum Gasteiger partial charge on any atom is 0.337 e. The number of aromatic nitrogens is 1. The molecule has 5 heteroatoms. The lowest BCUT2D eigenvalue weighted by Crippen LogP contribution is -2.36. The Balaban J connectivity index is 1.83. The smallest absolute Gasteiger partial charge is 0.337 e. The molecule has 1 N–H and O–H groups in total. The Bertz CT molecular complexity index is 411. The molecule has 0 unspecified atom stereocenters. The van der Waals surface area contributed by atoms with Crippen molar-refractivity contribution in [3.63, 3.8) is 0 Å². The van der Waals surface area contributed by atoms with Crippen molar-refractivity contribution in [1.29, 1.82) is 0 Å². The standard InChI is InChI=1S/C14H20N2O3/c1-2-19-13-5-7-16(8-6-13)10-12-4-3-11(9-15-12)14(17)18/h3-4,9,13H,2,5-8,10H2,1H3,(H,17,18). The van der Waals surface area contributed by atoms with Crippen LogP contribution in [-0.4, -0.2) is 46.8 Å². The summed E-state index contributed by atoms with van der Waals surface area (Å²) in [7, 11) is 0. The molecule has 0 atom stereocenters. The van der Waals surface area contributed by atoms with Crippen molar-refractivity contribution in [2.45, 2.75) is 32.4 Å². The van der Waals surface area contributed by atoms with Crippen molar-refractivity contribution in [2.24, 2.45) is 0 Å². The van der Waals surface area contributed by atoms with E-state index in [9.17, 15) is 4.79 Å². The van der Waals surface area contributed by atoms with E-state index in [1.54, 1.807) is 12.1 Å². The Labute approximate surface area is 113 Å². The SMILES string of the molecule is CCOC1CCN(Cc2ccc(C(=O)O)cn2)CC1. The highest BCUT2D eigenvalue weighted by Crippen LogP contribution is 2.15. The third-order valence-corrected chi connectivity index (χ3v) is 3.39. The van der Waals surface area contributed by atoms with Crippen molar-refractivity contribution in [3.05, 3.63) is 29.6 Å². The van der Waals surface area contributed by atoms with Crippen LogP contribution in [0.25, 0.3) is 0 Å². The molecule has 2 rings (SSSR count). The first-order chi connectivity index (χ1) is 9.19. The van der Waals surface area contributed by atoms with Crippen molar-refractivity contribution >= 4 is 5.97 Å². The van der Waals surface area contributed by atoms with Gasteiger partial charge in [-0.1, -0.05) is 0 Å². The van der Waals surface area contributed by atoms with E-state index in [0.29, 0.717) is 6.10 Å². The number of pyridine rings is 1. The van der Waals surface area contributed by atoms with Crippen molar-refractivity contribution in [3.8, 4) is 0 Å².